The largest absolute Gasteiger partial charge is 0.490 e. The number of carboxylic acids is 1. The van der Waals surface area contributed by atoms with E-state index in [9.17, 15) is 13.2 Å². The molecule has 0 aliphatic carbocycles. The molecule has 0 heterocycles. The zero-order valence-corrected chi connectivity index (χ0v) is 11.1. The van der Waals surface area contributed by atoms with Crippen LogP contribution in [0.1, 0.15) is 52.4 Å². The van der Waals surface area contributed by atoms with Gasteiger partial charge in [0.15, 0.2) is 0 Å². The van der Waals surface area contributed by atoms with Crippen molar-refractivity contribution in [2.75, 3.05) is 13.2 Å². The predicted molar refractivity (Wildman–Crippen MR) is 63.6 cm³/mol. The van der Waals surface area contributed by atoms with Crippen molar-refractivity contribution < 1.29 is 27.8 Å². The minimum atomic E-state index is -5.08. The quantitative estimate of drug-likeness (QED) is 0.679. The van der Waals surface area contributed by atoms with E-state index in [-0.39, 0.29) is 0 Å². The van der Waals surface area contributed by atoms with Crippen LogP contribution in [0.4, 0.5) is 13.2 Å². The summed E-state index contributed by atoms with van der Waals surface area (Å²) in [6.45, 7) is 6.38. The number of rotatable bonds is 8. The maximum atomic E-state index is 10.6. The lowest BCUT2D eigenvalue weighted by Crippen LogP contribution is -2.21. The number of hydrogen-bond donors (Lipinski definition) is 1. The van der Waals surface area contributed by atoms with Gasteiger partial charge < -0.3 is 9.84 Å². The van der Waals surface area contributed by atoms with Gasteiger partial charge in [0.1, 0.15) is 0 Å². The Labute approximate surface area is 106 Å². The maximum Gasteiger partial charge on any atom is 0.490 e. The molecule has 0 aromatic carbocycles. The van der Waals surface area contributed by atoms with Gasteiger partial charge in [-0.25, -0.2) is 4.79 Å². The fourth-order valence-corrected chi connectivity index (χ4v) is 1.01. The molecule has 0 bridgehead atoms. The highest BCUT2D eigenvalue weighted by Gasteiger charge is 2.38. The maximum absolute atomic E-state index is 10.6. The van der Waals surface area contributed by atoms with Crippen LogP contribution < -0.4 is 0 Å². The molecule has 0 unspecified atom stereocenters. The monoisotopic (exact) mass is 272 g/mol. The minimum absolute atomic E-state index is 0.970. The van der Waals surface area contributed by atoms with Gasteiger partial charge in [-0.3, -0.25) is 0 Å². The average Bonchev–Trinajstić information content (AvgIpc) is 2.27. The first kappa shape index (κ1) is 19.6. The zero-order valence-electron chi connectivity index (χ0n) is 11.1. The fourth-order valence-electron chi connectivity index (χ4n) is 1.01. The number of unbranched alkanes of at least 4 members (excludes halogenated alkanes) is 4. The normalized spacial score (nSPS) is 10.7. The Morgan fingerprint density at radius 1 is 1.00 bits per heavy atom. The van der Waals surface area contributed by atoms with Crippen LogP contribution in [0, 0.1) is 0 Å². The third-order valence-corrected chi connectivity index (χ3v) is 2.03. The molecular formula is C12H23F3O3. The second kappa shape index (κ2) is 12.7. The van der Waals surface area contributed by atoms with Crippen LogP contribution in [0.2, 0.25) is 0 Å². The van der Waals surface area contributed by atoms with Gasteiger partial charge in [-0.05, 0) is 12.8 Å². The second-order valence-electron chi connectivity index (χ2n) is 3.83. The van der Waals surface area contributed by atoms with E-state index in [1.807, 2.05) is 0 Å². The van der Waals surface area contributed by atoms with E-state index in [1.165, 1.54) is 38.5 Å². The molecule has 3 nitrogen and oxygen atoms in total. The highest BCUT2D eigenvalue weighted by Crippen LogP contribution is 2.13. The van der Waals surface area contributed by atoms with Crippen molar-refractivity contribution in [1.29, 1.82) is 0 Å². The van der Waals surface area contributed by atoms with Crippen molar-refractivity contribution in [3.8, 4) is 0 Å². The summed E-state index contributed by atoms with van der Waals surface area (Å²) in [5, 5.41) is 7.12. The summed E-state index contributed by atoms with van der Waals surface area (Å²) < 4.78 is 37.2. The Bertz CT molecular complexity index is 185. The molecule has 18 heavy (non-hydrogen) atoms. The SMILES string of the molecule is CCCCCOCCCCC.O=C(O)C(F)(F)F. The van der Waals surface area contributed by atoms with Crippen molar-refractivity contribution in [2.45, 2.75) is 58.5 Å². The summed E-state index contributed by atoms with van der Waals surface area (Å²) in [5.74, 6) is -2.76. The van der Waals surface area contributed by atoms with Gasteiger partial charge in [0.25, 0.3) is 0 Å². The number of hydrogen-bond acceptors (Lipinski definition) is 2. The van der Waals surface area contributed by atoms with Gasteiger partial charge in [-0.1, -0.05) is 39.5 Å². The van der Waals surface area contributed by atoms with Gasteiger partial charge in [-0.15, -0.1) is 0 Å². The molecule has 0 saturated heterocycles. The third kappa shape index (κ3) is 17.6. The van der Waals surface area contributed by atoms with Crippen LogP contribution in [-0.2, 0) is 9.53 Å². The smallest absolute Gasteiger partial charge is 0.475 e. The lowest BCUT2D eigenvalue weighted by molar-refractivity contribution is -0.192. The molecule has 0 radical (unpaired) electrons. The van der Waals surface area contributed by atoms with E-state index < -0.39 is 12.1 Å². The van der Waals surface area contributed by atoms with Crippen LogP contribution in [0.25, 0.3) is 0 Å². The molecule has 110 valence electrons. The van der Waals surface area contributed by atoms with Gasteiger partial charge in [0.2, 0.25) is 0 Å². The van der Waals surface area contributed by atoms with Crippen LogP contribution in [0.3, 0.4) is 0 Å². The number of halogens is 3. The highest BCUT2D eigenvalue weighted by molar-refractivity contribution is 5.73. The molecule has 0 saturated carbocycles. The van der Waals surface area contributed by atoms with E-state index in [1.54, 1.807) is 0 Å². The van der Waals surface area contributed by atoms with E-state index >= 15 is 0 Å². The molecule has 1 N–H and O–H groups in total. The van der Waals surface area contributed by atoms with Gasteiger partial charge >= 0.3 is 12.1 Å². The minimum Gasteiger partial charge on any atom is -0.475 e. The summed E-state index contributed by atoms with van der Waals surface area (Å²) in [6, 6.07) is 0. The van der Waals surface area contributed by atoms with Gasteiger partial charge in [0.05, 0.1) is 0 Å². The van der Waals surface area contributed by atoms with E-state index in [4.69, 9.17) is 14.6 Å². The van der Waals surface area contributed by atoms with Crippen molar-refractivity contribution in [1.82, 2.24) is 0 Å². The molecule has 0 amide bonds. The van der Waals surface area contributed by atoms with Crippen LogP contribution in [0.5, 0.6) is 0 Å². The molecule has 0 spiro atoms. The molecule has 0 aliphatic heterocycles. The summed E-state index contributed by atoms with van der Waals surface area (Å²) in [4.78, 5) is 8.90. The molecular weight excluding hydrogens is 249 g/mol. The summed E-state index contributed by atoms with van der Waals surface area (Å²) in [6.07, 6.45) is 2.60. The molecule has 6 heteroatoms. The summed E-state index contributed by atoms with van der Waals surface area (Å²) >= 11 is 0. The first-order chi connectivity index (χ1) is 8.36. The molecule has 0 rings (SSSR count). The number of carboxylic acid groups (broad SMARTS) is 1. The van der Waals surface area contributed by atoms with Crippen molar-refractivity contribution >= 4 is 5.97 Å². The Hall–Kier alpha value is -0.780. The first-order valence-corrected chi connectivity index (χ1v) is 6.24. The average molecular weight is 272 g/mol. The number of aliphatic carboxylic acids is 1. The van der Waals surface area contributed by atoms with Crippen molar-refractivity contribution in [2.24, 2.45) is 0 Å². The topological polar surface area (TPSA) is 46.5 Å². The molecule has 0 aromatic heterocycles. The number of alkyl halides is 3. The van der Waals surface area contributed by atoms with Crippen LogP contribution in [0.15, 0.2) is 0 Å². The molecule has 0 atom stereocenters. The molecule has 0 fully saturated rings. The first-order valence-electron chi connectivity index (χ1n) is 6.24. The fraction of sp³-hybridized carbons (Fsp3) is 0.917. The Kier molecular flexibility index (Phi) is 13.8. The highest BCUT2D eigenvalue weighted by atomic mass is 19.4. The Balaban J connectivity index is 0. The van der Waals surface area contributed by atoms with Gasteiger partial charge in [0, 0.05) is 13.2 Å². The lowest BCUT2D eigenvalue weighted by Gasteiger charge is -2.01. The molecule has 0 aromatic rings. The van der Waals surface area contributed by atoms with Gasteiger partial charge in [-0.2, -0.15) is 13.2 Å². The zero-order chi connectivity index (χ0) is 14.4. The van der Waals surface area contributed by atoms with Crippen molar-refractivity contribution in [3.05, 3.63) is 0 Å². The van der Waals surface area contributed by atoms with Crippen molar-refractivity contribution in [3.63, 3.8) is 0 Å². The standard InChI is InChI=1S/C10H22O.C2HF3O2/c1-3-5-7-9-11-10-8-6-4-2;3-2(4,5)1(6)7/h3-10H2,1-2H3;(H,6,7). The second-order valence-corrected chi connectivity index (χ2v) is 3.83. The third-order valence-electron chi connectivity index (χ3n) is 2.03. The van der Waals surface area contributed by atoms with E-state index in [0.29, 0.717) is 0 Å². The van der Waals surface area contributed by atoms with E-state index in [2.05, 4.69) is 13.8 Å². The summed E-state index contributed by atoms with van der Waals surface area (Å²) in [7, 11) is 0. The van der Waals surface area contributed by atoms with Crippen LogP contribution >= 0.6 is 0 Å². The Morgan fingerprint density at radius 3 is 1.56 bits per heavy atom. The number of carbonyl (C=O) groups is 1. The Morgan fingerprint density at radius 2 is 1.33 bits per heavy atom. The number of ether oxygens (including phenoxy) is 1. The van der Waals surface area contributed by atoms with E-state index in [0.717, 1.165) is 13.2 Å². The lowest BCUT2D eigenvalue weighted by atomic mass is 10.2. The van der Waals surface area contributed by atoms with Crippen LogP contribution in [-0.4, -0.2) is 30.5 Å². The molecule has 0 aliphatic rings. The predicted octanol–water partition coefficient (Wildman–Crippen LogP) is 4.02. The summed E-state index contributed by atoms with van der Waals surface area (Å²) in [5.41, 5.74) is 0.